The summed E-state index contributed by atoms with van der Waals surface area (Å²) in [5.74, 6) is 0. The van der Waals surface area contributed by atoms with Crippen molar-refractivity contribution in [3.8, 4) is 0 Å². The second-order valence-electron chi connectivity index (χ2n) is 4.64. The van der Waals surface area contributed by atoms with Crippen LogP contribution in [0.2, 0.25) is 0 Å². The van der Waals surface area contributed by atoms with Crippen molar-refractivity contribution in [1.29, 1.82) is 0 Å². The minimum absolute atomic E-state index is 0.0951. The Morgan fingerprint density at radius 1 is 1.20 bits per heavy atom. The third-order valence-electron chi connectivity index (χ3n) is 2.82. The Morgan fingerprint density at radius 2 is 1.85 bits per heavy atom. The zero-order valence-corrected chi connectivity index (χ0v) is 11.7. The van der Waals surface area contributed by atoms with Crippen LogP contribution < -0.4 is 21.1 Å². The van der Waals surface area contributed by atoms with Crippen molar-refractivity contribution in [2.45, 2.75) is 23.8 Å². The van der Waals surface area contributed by atoms with E-state index in [1.165, 1.54) is 0 Å². The van der Waals surface area contributed by atoms with E-state index in [4.69, 9.17) is 5.73 Å². The normalized spacial score (nSPS) is 14.8. The van der Waals surface area contributed by atoms with Gasteiger partial charge in [0.05, 0.1) is 4.90 Å². The summed E-state index contributed by atoms with van der Waals surface area (Å²) in [5, 5.41) is 5.50. The number of sulfonamides is 1. The maximum Gasteiger partial charge on any atom is 0.312 e. The second kappa shape index (κ2) is 6.10. The lowest BCUT2D eigenvalue weighted by molar-refractivity contribution is 0.249. The lowest BCUT2D eigenvalue weighted by Gasteiger charge is -2.09. The van der Waals surface area contributed by atoms with Crippen molar-refractivity contribution >= 4 is 21.7 Å². The number of hydrogen-bond donors (Lipinski definition) is 4. The van der Waals surface area contributed by atoms with Crippen LogP contribution in [-0.4, -0.2) is 33.6 Å². The molecule has 1 aliphatic rings. The topological polar surface area (TPSA) is 113 Å². The van der Waals surface area contributed by atoms with Crippen LogP contribution in [0.1, 0.15) is 12.8 Å². The summed E-state index contributed by atoms with van der Waals surface area (Å²) < 4.78 is 26.5. The SMILES string of the molecule is NC(=O)NCCNc1ccc(S(=O)(=O)NC2CC2)cc1. The smallest absolute Gasteiger partial charge is 0.312 e. The average molecular weight is 298 g/mol. The molecule has 0 atom stereocenters. The minimum atomic E-state index is -3.40. The van der Waals surface area contributed by atoms with E-state index in [-0.39, 0.29) is 10.9 Å². The van der Waals surface area contributed by atoms with Gasteiger partial charge in [-0.05, 0) is 37.1 Å². The molecule has 0 aliphatic heterocycles. The van der Waals surface area contributed by atoms with Gasteiger partial charge in [-0.1, -0.05) is 0 Å². The second-order valence-corrected chi connectivity index (χ2v) is 6.35. The predicted octanol–water partition coefficient (Wildman–Crippen LogP) is 0.208. The van der Waals surface area contributed by atoms with Crippen molar-refractivity contribution in [2.75, 3.05) is 18.4 Å². The molecule has 1 aliphatic carbocycles. The zero-order valence-electron chi connectivity index (χ0n) is 10.9. The molecule has 0 spiro atoms. The van der Waals surface area contributed by atoms with Gasteiger partial charge in [-0.3, -0.25) is 0 Å². The van der Waals surface area contributed by atoms with Gasteiger partial charge in [0, 0.05) is 24.8 Å². The number of rotatable bonds is 7. The van der Waals surface area contributed by atoms with E-state index < -0.39 is 16.1 Å². The third kappa shape index (κ3) is 4.39. The van der Waals surface area contributed by atoms with Crippen LogP contribution in [0.15, 0.2) is 29.2 Å². The van der Waals surface area contributed by atoms with Gasteiger partial charge >= 0.3 is 6.03 Å². The Kier molecular flexibility index (Phi) is 4.46. The van der Waals surface area contributed by atoms with Crippen LogP contribution in [0.25, 0.3) is 0 Å². The van der Waals surface area contributed by atoms with Crippen LogP contribution in [0.3, 0.4) is 0 Å². The molecule has 110 valence electrons. The lowest BCUT2D eigenvalue weighted by atomic mass is 10.3. The summed E-state index contributed by atoms with van der Waals surface area (Å²) in [6.45, 7) is 0.911. The monoisotopic (exact) mass is 298 g/mol. The Balaban J connectivity index is 1.87. The highest BCUT2D eigenvalue weighted by Gasteiger charge is 2.27. The molecule has 0 bridgehead atoms. The van der Waals surface area contributed by atoms with E-state index in [2.05, 4.69) is 15.4 Å². The number of urea groups is 1. The molecule has 1 fully saturated rings. The molecular weight excluding hydrogens is 280 g/mol. The molecule has 2 rings (SSSR count). The molecule has 1 aromatic carbocycles. The van der Waals surface area contributed by atoms with Gasteiger partial charge in [0.2, 0.25) is 10.0 Å². The van der Waals surface area contributed by atoms with Crippen molar-refractivity contribution in [3.05, 3.63) is 24.3 Å². The number of carbonyl (C=O) groups is 1. The van der Waals surface area contributed by atoms with E-state index in [9.17, 15) is 13.2 Å². The number of carbonyl (C=O) groups excluding carboxylic acids is 1. The molecule has 2 amide bonds. The maximum atomic E-state index is 11.9. The molecule has 1 aromatic rings. The number of nitrogens with one attached hydrogen (secondary N) is 3. The number of hydrogen-bond acceptors (Lipinski definition) is 4. The number of anilines is 1. The molecule has 0 radical (unpaired) electrons. The van der Waals surface area contributed by atoms with Gasteiger partial charge in [0.15, 0.2) is 0 Å². The van der Waals surface area contributed by atoms with Crippen LogP contribution >= 0.6 is 0 Å². The first-order valence-electron chi connectivity index (χ1n) is 6.37. The fourth-order valence-electron chi connectivity index (χ4n) is 1.63. The lowest BCUT2D eigenvalue weighted by Crippen LogP contribution is -2.33. The first-order valence-corrected chi connectivity index (χ1v) is 7.85. The van der Waals surface area contributed by atoms with E-state index >= 15 is 0 Å². The number of benzene rings is 1. The average Bonchev–Trinajstić information content (AvgIpc) is 3.18. The molecule has 1 saturated carbocycles. The van der Waals surface area contributed by atoms with Crippen molar-refractivity contribution in [3.63, 3.8) is 0 Å². The summed E-state index contributed by atoms with van der Waals surface area (Å²) in [6.07, 6.45) is 1.82. The summed E-state index contributed by atoms with van der Waals surface area (Å²) in [7, 11) is -3.40. The zero-order chi connectivity index (χ0) is 14.6. The highest BCUT2D eigenvalue weighted by Crippen LogP contribution is 2.22. The third-order valence-corrected chi connectivity index (χ3v) is 4.35. The van der Waals surface area contributed by atoms with Crippen molar-refractivity contribution in [2.24, 2.45) is 5.73 Å². The molecule has 0 saturated heterocycles. The summed E-state index contributed by atoms with van der Waals surface area (Å²) in [5.41, 5.74) is 5.71. The Hall–Kier alpha value is -1.80. The van der Waals surface area contributed by atoms with Crippen molar-refractivity contribution < 1.29 is 13.2 Å². The molecule has 20 heavy (non-hydrogen) atoms. The van der Waals surface area contributed by atoms with Crippen LogP contribution in [0.4, 0.5) is 10.5 Å². The van der Waals surface area contributed by atoms with E-state index in [0.717, 1.165) is 18.5 Å². The highest BCUT2D eigenvalue weighted by atomic mass is 32.2. The van der Waals surface area contributed by atoms with Crippen LogP contribution in [0, 0.1) is 0 Å². The highest BCUT2D eigenvalue weighted by molar-refractivity contribution is 7.89. The maximum absolute atomic E-state index is 11.9. The van der Waals surface area contributed by atoms with Gasteiger partial charge in [0.25, 0.3) is 0 Å². The Labute approximate surface area is 118 Å². The molecule has 0 heterocycles. The summed E-state index contributed by atoms with van der Waals surface area (Å²) in [4.78, 5) is 10.7. The first-order chi connectivity index (χ1) is 9.47. The van der Waals surface area contributed by atoms with Gasteiger partial charge in [0.1, 0.15) is 0 Å². The number of nitrogens with two attached hydrogens (primary N) is 1. The Morgan fingerprint density at radius 3 is 2.40 bits per heavy atom. The van der Waals surface area contributed by atoms with Crippen molar-refractivity contribution in [1.82, 2.24) is 10.0 Å². The molecular formula is C12H18N4O3S. The van der Waals surface area contributed by atoms with Crippen LogP contribution in [0.5, 0.6) is 0 Å². The predicted molar refractivity (Wildman–Crippen MR) is 75.9 cm³/mol. The molecule has 0 unspecified atom stereocenters. The molecule has 7 nitrogen and oxygen atoms in total. The first kappa shape index (κ1) is 14.6. The molecule has 8 heteroatoms. The van der Waals surface area contributed by atoms with Gasteiger partial charge in [-0.2, -0.15) is 0 Å². The number of amides is 2. The van der Waals surface area contributed by atoms with Crippen LogP contribution in [-0.2, 0) is 10.0 Å². The summed E-state index contributed by atoms with van der Waals surface area (Å²) in [6, 6.07) is 6.00. The van der Waals surface area contributed by atoms with Gasteiger partial charge in [-0.25, -0.2) is 17.9 Å². The minimum Gasteiger partial charge on any atom is -0.383 e. The number of primary amides is 1. The van der Waals surface area contributed by atoms with Gasteiger partial charge < -0.3 is 16.4 Å². The van der Waals surface area contributed by atoms with E-state index in [1.807, 2.05) is 0 Å². The fourth-order valence-corrected chi connectivity index (χ4v) is 2.94. The standard InChI is InChI=1S/C12H18N4O3S/c13-12(17)15-8-7-14-9-3-5-11(6-4-9)20(18,19)16-10-1-2-10/h3-6,10,14,16H,1-2,7-8H2,(H3,13,15,17). The quantitative estimate of drug-likeness (QED) is 0.539. The fraction of sp³-hybridized carbons (Fsp3) is 0.417. The van der Waals surface area contributed by atoms with Gasteiger partial charge in [-0.15, -0.1) is 0 Å². The molecule has 5 N–H and O–H groups in total. The summed E-state index contributed by atoms with van der Waals surface area (Å²) >= 11 is 0. The van der Waals surface area contributed by atoms with E-state index in [0.29, 0.717) is 13.1 Å². The Bertz CT molecular complexity index is 567. The largest absolute Gasteiger partial charge is 0.383 e. The molecule has 0 aromatic heterocycles. The van der Waals surface area contributed by atoms with E-state index in [1.54, 1.807) is 24.3 Å².